The van der Waals surface area contributed by atoms with Crippen LogP contribution in [0.5, 0.6) is 0 Å². The van der Waals surface area contributed by atoms with Gasteiger partial charge in [-0.2, -0.15) is 12.6 Å². The Morgan fingerprint density at radius 1 is 1.00 bits per heavy atom. The lowest BCUT2D eigenvalue weighted by molar-refractivity contribution is 0.157. The third-order valence-electron chi connectivity index (χ3n) is 5.20. The van der Waals surface area contributed by atoms with Crippen molar-refractivity contribution >= 4 is 29.4 Å². The van der Waals surface area contributed by atoms with Gasteiger partial charge in [-0.3, -0.25) is 4.98 Å². The van der Waals surface area contributed by atoms with Gasteiger partial charge in [-0.25, -0.2) is 17.9 Å². The Hall–Kier alpha value is -3.11. The van der Waals surface area contributed by atoms with E-state index in [1.54, 1.807) is 47.9 Å². The Kier molecular flexibility index (Phi) is 9.50. The number of aliphatic hydroxyl groups is 1. The van der Waals surface area contributed by atoms with Crippen LogP contribution in [0.15, 0.2) is 90.1 Å². The van der Waals surface area contributed by atoms with E-state index in [0.717, 1.165) is 5.56 Å². The summed E-state index contributed by atoms with van der Waals surface area (Å²) in [6.45, 7) is 0.175. The first-order valence-electron chi connectivity index (χ1n) is 10.7. The fraction of sp³-hybridized carbons (Fsp3) is 0.154. The molecule has 0 bridgehead atoms. The van der Waals surface area contributed by atoms with Crippen LogP contribution in [0.4, 0.5) is 10.2 Å². The highest BCUT2D eigenvalue weighted by molar-refractivity contribution is 7.82. The Morgan fingerprint density at radius 2 is 1.69 bits per heavy atom. The number of anilines is 1. The van der Waals surface area contributed by atoms with Gasteiger partial charge in [0.2, 0.25) is 0 Å². The third-order valence-corrected chi connectivity index (χ3v) is 6.65. The van der Waals surface area contributed by atoms with Gasteiger partial charge in [-0.1, -0.05) is 54.6 Å². The zero-order chi connectivity index (χ0) is 25.4. The molecule has 0 radical (unpaired) electrons. The second-order valence-electron chi connectivity index (χ2n) is 7.50. The van der Waals surface area contributed by atoms with Crippen LogP contribution in [0.2, 0.25) is 0 Å². The number of benzene rings is 3. The summed E-state index contributed by atoms with van der Waals surface area (Å²) in [4.78, 5) is 8.62. The fourth-order valence-corrected chi connectivity index (χ4v) is 4.67. The standard InChI is InChI=1S/C25H23FN4O2S.CH4S/c1-30(16-23(31)17-7-3-2-4-8-17)33(32)24-10-6-5-9-19(24)18-11-12-20(21(26)13-18)22-14-29-25(27)15-28-22;1-2/h2-15,23,31H,16H2,1H3,(H2,27,29);2H,1H3. The number of hydrogen-bond acceptors (Lipinski definition) is 6. The number of nitrogens with two attached hydrogens (primary N) is 1. The summed E-state index contributed by atoms with van der Waals surface area (Å²) in [6.07, 6.45) is 3.70. The van der Waals surface area contributed by atoms with Crippen molar-refractivity contribution in [3.8, 4) is 22.4 Å². The summed E-state index contributed by atoms with van der Waals surface area (Å²) in [6, 6.07) is 21.1. The Bertz CT molecular complexity index is 1270. The SMILES string of the molecule is CN(CC(O)c1ccccc1)S(=O)c1ccccc1-c1ccc(-c2cnc(N)cn2)c(F)c1.CS. The number of aromatic nitrogens is 2. The summed E-state index contributed by atoms with van der Waals surface area (Å²) in [5.74, 6) is -0.214. The molecule has 0 fully saturated rings. The van der Waals surface area contributed by atoms with Crippen molar-refractivity contribution in [1.29, 1.82) is 0 Å². The predicted molar refractivity (Wildman–Crippen MR) is 143 cm³/mol. The zero-order valence-corrected chi connectivity index (χ0v) is 21.1. The van der Waals surface area contributed by atoms with Crippen molar-refractivity contribution in [3.63, 3.8) is 0 Å². The number of rotatable bonds is 7. The van der Waals surface area contributed by atoms with Gasteiger partial charge in [-0.05, 0) is 41.1 Å². The highest BCUT2D eigenvalue weighted by Gasteiger charge is 2.20. The van der Waals surface area contributed by atoms with Gasteiger partial charge < -0.3 is 10.8 Å². The number of aliphatic hydroxyl groups excluding tert-OH is 1. The van der Waals surface area contributed by atoms with Gasteiger partial charge in [0.15, 0.2) is 0 Å². The molecule has 3 N–H and O–H groups in total. The molecule has 2 atom stereocenters. The summed E-state index contributed by atoms with van der Waals surface area (Å²) < 4.78 is 29.8. The van der Waals surface area contributed by atoms with Crippen molar-refractivity contribution < 1.29 is 13.7 Å². The van der Waals surface area contributed by atoms with E-state index >= 15 is 0 Å². The largest absolute Gasteiger partial charge is 0.387 e. The van der Waals surface area contributed by atoms with E-state index in [4.69, 9.17) is 5.73 Å². The predicted octanol–water partition coefficient (Wildman–Crippen LogP) is 4.77. The van der Waals surface area contributed by atoms with Crippen LogP contribution in [0.25, 0.3) is 22.4 Å². The molecular formula is C26H27FN4O2S2. The summed E-state index contributed by atoms with van der Waals surface area (Å²) in [5.41, 5.74) is 8.21. The van der Waals surface area contributed by atoms with Crippen molar-refractivity contribution in [3.05, 3.63) is 96.6 Å². The maximum atomic E-state index is 15.0. The van der Waals surface area contributed by atoms with Crippen LogP contribution in [0, 0.1) is 5.82 Å². The molecule has 0 saturated carbocycles. The molecular weight excluding hydrogens is 483 g/mol. The van der Waals surface area contributed by atoms with Gasteiger partial charge in [0, 0.05) is 19.2 Å². The molecule has 0 saturated heterocycles. The number of nitrogen functional groups attached to an aromatic ring is 1. The molecule has 1 heterocycles. The lowest BCUT2D eigenvalue weighted by Crippen LogP contribution is -2.27. The highest BCUT2D eigenvalue weighted by atomic mass is 32.2. The van der Waals surface area contributed by atoms with Crippen LogP contribution >= 0.6 is 12.6 Å². The number of nitrogens with zero attached hydrogens (tertiary/aromatic N) is 3. The van der Waals surface area contributed by atoms with E-state index in [2.05, 4.69) is 22.6 Å². The van der Waals surface area contributed by atoms with E-state index in [0.29, 0.717) is 27.3 Å². The van der Waals surface area contributed by atoms with Crippen LogP contribution in [0.1, 0.15) is 11.7 Å². The summed E-state index contributed by atoms with van der Waals surface area (Å²) >= 11 is 3.53. The maximum Gasteiger partial charge on any atom is 0.141 e. The average Bonchev–Trinajstić information content (AvgIpc) is 2.90. The third kappa shape index (κ3) is 6.52. The van der Waals surface area contributed by atoms with E-state index in [9.17, 15) is 13.7 Å². The number of halogens is 1. The van der Waals surface area contributed by atoms with Gasteiger partial charge in [-0.15, -0.1) is 0 Å². The number of likely N-dealkylation sites (N-methyl/N-ethyl adjacent to an activating group) is 1. The van der Waals surface area contributed by atoms with Gasteiger partial charge >= 0.3 is 0 Å². The molecule has 4 aromatic rings. The monoisotopic (exact) mass is 510 g/mol. The first-order valence-corrected chi connectivity index (χ1v) is 12.7. The first-order chi connectivity index (χ1) is 16.9. The molecule has 0 amide bonds. The van der Waals surface area contributed by atoms with Crippen molar-refractivity contribution in [1.82, 2.24) is 14.3 Å². The molecule has 6 nitrogen and oxygen atoms in total. The lowest BCUT2D eigenvalue weighted by atomic mass is 10.0. The minimum Gasteiger partial charge on any atom is -0.387 e. The van der Waals surface area contributed by atoms with Crippen LogP contribution in [0.3, 0.4) is 0 Å². The lowest BCUT2D eigenvalue weighted by Gasteiger charge is -2.21. The second kappa shape index (κ2) is 12.6. The molecule has 35 heavy (non-hydrogen) atoms. The molecule has 9 heteroatoms. The molecule has 0 aliphatic heterocycles. The minimum atomic E-state index is -1.57. The Labute approximate surface area is 212 Å². The van der Waals surface area contributed by atoms with Crippen molar-refractivity contribution in [2.24, 2.45) is 0 Å². The van der Waals surface area contributed by atoms with E-state index in [-0.39, 0.29) is 12.4 Å². The van der Waals surface area contributed by atoms with E-state index < -0.39 is 22.9 Å². The zero-order valence-electron chi connectivity index (χ0n) is 19.4. The minimum absolute atomic E-state index is 0.175. The number of hydrogen-bond donors (Lipinski definition) is 3. The molecule has 4 rings (SSSR count). The molecule has 182 valence electrons. The molecule has 2 unspecified atom stereocenters. The summed E-state index contributed by atoms with van der Waals surface area (Å²) in [5, 5.41) is 10.5. The smallest absolute Gasteiger partial charge is 0.141 e. The second-order valence-corrected chi connectivity index (χ2v) is 9.06. The fourth-order valence-electron chi connectivity index (χ4n) is 3.48. The van der Waals surface area contributed by atoms with Crippen LogP contribution in [-0.4, -0.2) is 43.4 Å². The van der Waals surface area contributed by atoms with Gasteiger partial charge in [0.05, 0.1) is 29.1 Å². The summed E-state index contributed by atoms with van der Waals surface area (Å²) in [7, 11) is 0.113. The Balaban J connectivity index is 0.00000167. The topological polar surface area (TPSA) is 92.3 Å². The first kappa shape index (κ1) is 26.5. The quantitative estimate of drug-likeness (QED) is 0.312. The van der Waals surface area contributed by atoms with Gasteiger partial charge in [0.1, 0.15) is 22.6 Å². The Morgan fingerprint density at radius 3 is 2.34 bits per heavy atom. The molecule has 0 aliphatic carbocycles. The normalized spacial score (nSPS) is 12.5. The van der Waals surface area contributed by atoms with Crippen molar-refractivity contribution in [2.75, 3.05) is 25.6 Å². The molecule has 0 spiro atoms. The number of thiol groups is 1. The molecule has 3 aromatic carbocycles. The van der Waals surface area contributed by atoms with E-state index in [1.165, 1.54) is 18.5 Å². The van der Waals surface area contributed by atoms with E-state index in [1.807, 2.05) is 36.4 Å². The molecule has 1 aromatic heterocycles. The van der Waals surface area contributed by atoms with Crippen LogP contribution < -0.4 is 5.73 Å². The average molecular weight is 511 g/mol. The van der Waals surface area contributed by atoms with Gasteiger partial charge in [0.25, 0.3) is 0 Å². The maximum absolute atomic E-state index is 15.0. The molecule has 0 aliphatic rings. The highest BCUT2D eigenvalue weighted by Crippen LogP contribution is 2.31. The van der Waals surface area contributed by atoms with Crippen molar-refractivity contribution in [2.45, 2.75) is 11.0 Å². The van der Waals surface area contributed by atoms with Crippen LogP contribution in [-0.2, 0) is 11.0 Å².